The number of methoxy groups -OCH3 is 1. The van der Waals surface area contributed by atoms with Crippen LogP contribution in [0.3, 0.4) is 0 Å². The van der Waals surface area contributed by atoms with Gasteiger partial charge in [-0.1, -0.05) is 13.3 Å². The number of aryl methyl sites for hydroxylation is 1. The van der Waals surface area contributed by atoms with Crippen molar-refractivity contribution in [2.24, 2.45) is 0 Å². The Morgan fingerprint density at radius 3 is 2.77 bits per heavy atom. The first-order valence-electron chi connectivity index (χ1n) is 4.09. The zero-order valence-electron chi connectivity index (χ0n) is 7.76. The molecular weight excluding hydrogens is 184 g/mol. The summed E-state index contributed by atoms with van der Waals surface area (Å²) in [7, 11) is 1.57. The van der Waals surface area contributed by atoms with E-state index in [9.17, 15) is 0 Å². The summed E-state index contributed by atoms with van der Waals surface area (Å²) in [4.78, 5) is 1.07. The summed E-state index contributed by atoms with van der Waals surface area (Å²) >= 11 is 1.44. The molecule has 1 aromatic heterocycles. The quantitative estimate of drug-likeness (QED) is 0.805. The Hall–Kier alpha value is -1.21. The Labute approximate surface area is 81.7 Å². The molecule has 0 atom stereocenters. The van der Waals surface area contributed by atoms with Crippen molar-refractivity contribution in [3.05, 3.63) is 10.4 Å². The van der Waals surface area contributed by atoms with E-state index in [0.29, 0.717) is 16.3 Å². The highest BCUT2D eigenvalue weighted by molar-refractivity contribution is 7.16. The molecule has 0 aliphatic rings. The number of anilines is 1. The standard InChI is InChI=1S/C9H12N2OS/c1-3-4-7-8(12-2)6(5-10)9(11)13-7/h3-4,11H2,1-2H3. The molecule has 0 radical (unpaired) electrons. The third kappa shape index (κ3) is 1.76. The lowest BCUT2D eigenvalue weighted by Crippen LogP contribution is -1.89. The SMILES string of the molecule is CCCc1sc(N)c(C#N)c1OC. The summed E-state index contributed by atoms with van der Waals surface area (Å²) in [6.07, 6.45) is 1.95. The molecule has 0 saturated heterocycles. The Balaban J connectivity index is 3.15. The minimum Gasteiger partial charge on any atom is -0.494 e. The number of nitrogens with two attached hydrogens (primary N) is 1. The molecule has 2 N–H and O–H groups in total. The van der Waals surface area contributed by atoms with Crippen molar-refractivity contribution >= 4 is 16.3 Å². The number of nitrogens with zero attached hydrogens (tertiary/aromatic N) is 1. The van der Waals surface area contributed by atoms with E-state index >= 15 is 0 Å². The highest BCUT2D eigenvalue weighted by Crippen LogP contribution is 2.37. The molecule has 3 nitrogen and oxygen atoms in total. The molecule has 13 heavy (non-hydrogen) atoms. The Morgan fingerprint density at radius 1 is 1.62 bits per heavy atom. The summed E-state index contributed by atoms with van der Waals surface area (Å²) in [6.45, 7) is 2.08. The van der Waals surface area contributed by atoms with E-state index in [4.69, 9.17) is 15.7 Å². The zero-order chi connectivity index (χ0) is 9.84. The van der Waals surface area contributed by atoms with Gasteiger partial charge in [0, 0.05) is 0 Å². The van der Waals surface area contributed by atoms with Crippen LogP contribution in [-0.4, -0.2) is 7.11 Å². The van der Waals surface area contributed by atoms with Gasteiger partial charge < -0.3 is 10.5 Å². The van der Waals surface area contributed by atoms with Crippen molar-refractivity contribution in [3.63, 3.8) is 0 Å². The fourth-order valence-corrected chi connectivity index (χ4v) is 2.28. The topological polar surface area (TPSA) is 59.0 Å². The summed E-state index contributed by atoms with van der Waals surface area (Å²) in [5, 5.41) is 9.37. The number of nitriles is 1. The third-order valence-electron chi connectivity index (χ3n) is 1.75. The van der Waals surface area contributed by atoms with Gasteiger partial charge in [-0.05, 0) is 6.42 Å². The number of thiophene rings is 1. The van der Waals surface area contributed by atoms with Gasteiger partial charge in [-0.3, -0.25) is 0 Å². The molecule has 1 aromatic rings. The molecular formula is C9H12N2OS. The second-order valence-electron chi connectivity index (χ2n) is 2.66. The van der Waals surface area contributed by atoms with E-state index in [2.05, 4.69) is 13.0 Å². The van der Waals surface area contributed by atoms with Gasteiger partial charge >= 0.3 is 0 Å². The van der Waals surface area contributed by atoms with E-state index in [1.165, 1.54) is 11.3 Å². The van der Waals surface area contributed by atoms with Gasteiger partial charge in [-0.15, -0.1) is 11.3 Å². The molecule has 0 saturated carbocycles. The molecule has 0 bridgehead atoms. The van der Waals surface area contributed by atoms with E-state index < -0.39 is 0 Å². The summed E-state index contributed by atoms with van der Waals surface area (Å²) in [5.41, 5.74) is 6.16. The van der Waals surface area contributed by atoms with Crippen LogP contribution in [0.5, 0.6) is 5.75 Å². The second kappa shape index (κ2) is 4.15. The molecule has 0 aliphatic heterocycles. The van der Waals surface area contributed by atoms with Gasteiger partial charge in [0.1, 0.15) is 16.6 Å². The number of ether oxygens (including phenoxy) is 1. The molecule has 0 amide bonds. The van der Waals surface area contributed by atoms with Crippen LogP contribution in [-0.2, 0) is 6.42 Å². The van der Waals surface area contributed by atoms with Crippen LogP contribution in [0.4, 0.5) is 5.00 Å². The van der Waals surface area contributed by atoms with Crippen molar-refractivity contribution in [3.8, 4) is 11.8 Å². The molecule has 0 aliphatic carbocycles. The second-order valence-corrected chi connectivity index (χ2v) is 3.80. The fraction of sp³-hybridized carbons (Fsp3) is 0.444. The highest BCUT2D eigenvalue weighted by atomic mass is 32.1. The van der Waals surface area contributed by atoms with Crippen LogP contribution in [0.2, 0.25) is 0 Å². The lowest BCUT2D eigenvalue weighted by Gasteiger charge is -1.99. The number of nitrogen functional groups attached to an aromatic ring is 1. The minimum absolute atomic E-state index is 0.482. The fourth-order valence-electron chi connectivity index (χ4n) is 1.19. The highest BCUT2D eigenvalue weighted by Gasteiger charge is 2.15. The number of hydrogen-bond acceptors (Lipinski definition) is 4. The molecule has 1 rings (SSSR count). The van der Waals surface area contributed by atoms with E-state index in [1.54, 1.807) is 7.11 Å². The van der Waals surface area contributed by atoms with Gasteiger partial charge in [0.25, 0.3) is 0 Å². The van der Waals surface area contributed by atoms with Gasteiger partial charge in [0.05, 0.1) is 12.0 Å². The predicted octanol–water partition coefficient (Wildman–Crippen LogP) is 2.16. The monoisotopic (exact) mass is 196 g/mol. The number of rotatable bonds is 3. The first-order chi connectivity index (χ1) is 6.24. The van der Waals surface area contributed by atoms with Gasteiger partial charge in [-0.2, -0.15) is 5.26 Å². The van der Waals surface area contributed by atoms with Crippen molar-refractivity contribution in [1.29, 1.82) is 5.26 Å². The van der Waals surface area contributed by atoms with E-state index in [0.717, 1.165) is 17.7 Å². The summed E-state index contributed by atoms with van der Waals surface area (Å²) in [5.74, 6) is 0.659. The van der Waals surface area contributed by atoms with Crippen LogP contribution in [0.25, 0.3) is 0 Å². The molecule has 0 fully saturated rings. The lowest BCUT2D eigenvalue weighted by atomic mass is 10.2. The Bertz CT molecular complexity index is 338. The molecule has 0 aromatic carbocycles. The average molecular weight is 196 g/mol. The maximum absolute atomic E-state index is 8.81. The molecule has 0 spiro atoms. The largest absolute Gasteiger partial charge is 0.494 e. The van der Waals surface area contributed by atoms with Crippen LogP contribution in [0, 0.1) is 11.3 Å². The maximum Gasteiger partial charge on any atom is 0.152 e. The smallest absolute Gasteiger partial charge is 0.152 e. The van der Waals surface area contributed by atoms with E-state index in [1.807, 2.05) is 0 Å². The first kappa shape index (κ1) is 9.87. The minimum atomic E-state index is 0.482. The molecule has 0 unspecified atom stereocenters. The van der Waals surface area contributed by atoms with Gasteiger partial charge in [0.2, 0.25) is 0 Å². The van der Waals surface area contributed by atoms with Crippen LogP contribution < -0.4 is 10.5 Å². The normalized spacial score (nSPS) is 9.62. The third-order valence-corrected chi connectivity index (χ3v) is 2.81. The van der Waals surface area contributed by atoms with Crippen molar-refractivity contribution in [2.75, 3.05) is 12.8 Å². The maximum atomic E-state index is 8.81. The van der Waals surface area contributed by atoms with Crippen molar-refractivity contribution < 1.29 is 4.74 Å². The molecule has 1 heterocycles. The zero-order valence-corrected chi connectivity index (χ0v) is 8.57. The average Bonchev–Trinajstić information content (AvgIpc) is 2.41. The van der Waals surface area contributed by atoms with Crippen molar-refractivity contribution in [2.45, 2.75) is 19.8 Å². The molecule has 70 valence electrons. The molecule has 4 heteroatoms. The lowest BCUT2D eigenvalue weighted by molar-refractivity contribution is 0.411. The predicted molar refractivity (Wildman–Crippen MR) is 54.0 cm³/mol. The summed E-state index contributed by atoms with van der Waals surface area (Å²) < 4.78 is 5.15. The van der Waals surface area contributed by atoms with Gasteiger partial charge in [0.15, 0.2) is 5.75 Å². The Morgan fingerprint density at radius 2 is 2.31 bits per heavy atom. The Kier molecular flexibility index (Phi) is 3.15. The van der Waals surface area contributed by atoms with E-state index in [-0.39, 0.29) is 0 Å². The van der Waals surface area contributed by atoms with Crippen LogP contribution in [0.1, 0.15) is 23.8 Å². The first-order valence-corrected chi connectivity index (χ1v) is 4.91. The van der Waals surface area contributed by atoms with Gasteiger partial charge in [-0.25, -0.2) is 0 Å². The van der Waals surface area contributed by atoms with Crippen molar-refractivity contribution in [1.82, 2.24) is 0 Å². The van der Waals surface area contributed by atoms with Crippen LogP contribution in [0.15, 0.2) is 0 Å². The summed E-state index contributed by atoms with van der Waals surface area (Å²) in [6, 6.07) is 2.05. The number of hydrogen-bond donors (Lipinski definition) is 1. The van der Waals surface area contributed by atoms with Crippen LogP contribution >= 0.6 is 11.3 Å².